The second-order valence-corrected chi connectivity index (χ2v) is 4.32. The first-order valence-corrected chi connectivity index (χ1v) is 5.64. The molecule has 17 heavy (non-hydrogen) atoms. The molecular formula is C13H10N2OS. The van der Waals surface area contributed by atoms with Crippen molar-refractivity contribution in [1.29, 1.82) is 0 Å². The van der Waals surface area contributed by atoms with Crippen LogP contribution in [0.5, 0.6) is 5.88 Å². The molecule has 0 unspecified atom stereocenters. The number of thiol groups is 1. The summed E-state index contributed by atoms with van der Waals surface area (Å²) in [5.41, 5.74) is 2.90. The van der Waals surface area contributed by atoms with Crippen LogP contribution in [0.1, 0.15) is 0 Å². The highest BCUT2D eigenvalue weighted by atomic mass is 32.1. The van der Waals surface area contributed by atoms with Crippen LogP contribution in [-0.4, -0.2) is 14.5 Å². The van der Waals surface area contributed by atoms with E-state index in [1.807, 2.05) is 42.6 Å². The summed E-state index contributed by atoms with van der Waals surface area (Å²) in [4.78, 5) is 5.06. The standard InChI is InChI=1S/C13H10N2OS/c16-13-8-14-12-7-10(5-6-15(12)13)9-1-3-11(17)4-2-9/h1-8,16-17H. The van der Waals surface area contributed by atoms with E-state index in [4.69, 9.17) is 0 Å². The third kappa shape index (κ3) is 1.76. The Morgan fingerprint density at radius 3 is 2.59 bits per heavy atom. The molecule has 0 atom stereocenters. The molecule has 0 saturated heterocycles. The van der Waals surface area contributed by atoms with Crippen molar-refractivity contribution >= 4 is 18.3 Å². The quantitative estimate of drug-likeness (QED) is 0.644. The SMILES string of the molecule is Oc1cnc2cc(-c3ccc(S)cc3)ccn12. The van der Waals surface area contributed by atoms with Crippen LogP contribution < -0.4 is 0 Å². The molecule has 1 aromatic carbocycles. The van der Waals surface area contributed by atoms with Crippen LogP contribution in [0, 0.1) is 0 Å². The molecule has 3 aromatic rings. The maximum atomic E-state index is 9.50. The second kappa shape index (κ2) is 3.82. The molecule has 0 aliphatic carbocycles. The van der Waals surface area contributed by atoms with Crippen molar-refractivity contribution in [3.8, 4) is 17.0 Å². The molecule has 3 nitrogen and oxygen atoms in total. The molecule has 1 N–H and O–H groups in total. The van der Waals surface area contributed by atoms with Crippen molar-refractivity contribution in [1.82, 2.24) is 9.38 Å². The van der Waals surface area contributed by atoms with Gasteiger partial charge in [0.05, 0.1) is 6.20 Å². The molecule has 84 valence electrons. The molecule has 0 saturated carbocycles. The Bertz CT molecular complexity index is 673. The Hall–Kier alpha value is -1.94. The molecule has 2 aromatic heterocycles. The molecule has 0 spiro atoms. The van der Waals surface area contributed by atoms with Gasteiger partial charge < -0.3 is 5.11 Å². The van der Waals surface area contributed by atoms with Crippen molar-refractivity contribution < 1.29 is 5.11 Å². The average molecular weight is 242 g/mol. The fraction of sp³-hybridized carbons (Fsp3) is 0. The van der Waals surface area contributed by atoms with Gasteiger partial charge in [0, 0.05) is 11.1 Å². The van der Waals surface area contributed by atoms with Crippen molar-refractivity contribution in [2.75, 3.05) is 0 Å². The van der Waals surface area contributed by atoms with Gasteiger partial charge in [0.15, 0.2) is 0 Å². The Morgan fingerprint density at radius 2 is 1.82 bits per heavy atom. The number of aromatic hydroxyl groups is 1. The number of fused-ring (bicyclic) bond motifs is 1. The number of rotatable bonds is 1. The Morgan fingerprint density at radius 1 is 1.06 bits per heavy atom. The zero-order chi connectivity index (χ0) is 11.8. The number of hydrogen-bond acceptors (Lipinski definition) is 3. The Balaban J connectivity index is 2.14. The molecule has 0 bridgehead atoms. The van der Waals surface area contributed by atoms with E-state index in [-0.39, 0.29) is 5.88 Å². The van der Waals surface area contributed by atoms with E-state index in [0.29, 0.717) is 0 Å². The Kier molecular flexibility index (Phi) is 2.30. The molecule has 2 heterocycles. The predicted molar refractivity (Wildman–Crippen MR) is 69.5 cm³/mol. The normalized spacial score (nSPS) is 10.9. The van der Waals surface area contributed by atoms with Crippen LogP contribution in [0.3, 0.4) is 0 Å². The molecule has 3 rings (SSSR count). The number of nitrogens with zero attached hydrogens (tertiary/aromatic N) is 2. The van der Waals surface area contributed by atoms with Crippen molar-refractivity contribution in [2.45, 2.75) is 4.90 Å². The molecule has 0 aliphatic rings. The zero-order valence-electron chi connectivity index (χ0n) is 8.91. The lowest BCUT2D eigenvalue weighted by atomic mass is 10.1. The summed E-state index contributed by atoms with van der Waals surface area (Å²) >= 11 is 4.26. The van der Waals surface area contributed by atoms with E-state index in [1.54, 1.807) is 4.40 Å². The van der Waals surface area contributed by atoms with E-state index in [1.165, 1.54) is 6.20 Å². The van der Waals surface area contributed by atoms with Crippen LogP contribution >= 0.6 is 12.6 Å². The second-order valence-electron chi connectivity index (χ2n) is 3.81. The summed E-state index contributed by atoms with van der Waals surface area (Å²) < 4.78 is 1.64. The van der Waals surface area contributed by atoms with Gasteiger partial charge in [-0.3, -0.25) is 4.40 Å². The number of benzene rings is 1. The van der Waals surface area contributed by atoms with E-state index in [9.17, 15) is 5.11 Å². The van der Waals surface area contributed by atoms with Crippen LogP contribution in [0.15, 0.2) is 53.7 Å². The van der Waals surface area contributed by atoms with E-state index in [0.717, 1.165) is 21.7 Å². The van der Waals surface area contributed by atoms with Gasteiger partial charge in [-0.2, -0.15) is 0 Å². The fourth-order valence-corrected chi connectivity index (χ4v) is 1.95. The molecule has 0 aliphatic heterocycles. The van der Waals surface area contributed by atoms with Gasteiger partial charge in [-0.1, -0.05) is 12.1 Å². The summed E-state index contributed by atoms with van der Waals surface area (Å²) in [6.45, 7) is 0. The van der Waals surface area contributed by atoms with Crippen LogP contribution in [0.25, 0.3) is 16.8 Å². The van der Waals surface area contributed by atoms with Gasteiger partial charge in [-0.05, 0) is 35.4 Å². The molecule has 0 amide bonds. The largest absolute Gasteiger partial charge is 0.493 e. The first-order valence-electron chi connectivity index (χ1n) is 5.19. The van der Waals surface area contributed by atoms with Crippen molar-refractivity contribution in [2.24, 2.45) is 0 Å². The topological polar surface area (TPSA) is 37.5 Å². The lowest BCUT2D eigenvalue weighted by molar-refractivity contribution is 0.448. The van der Waals surface area contributed by atoms with Crippen molar-refractivity contribution in [3.63, 3.8) is 0 Å². The molecule has 0 radical (unpaired) electrons. The van der Waals surface area contributed by atoms with Crippen LogP contribution in [0.4, 0.5) is 0 Å². The van der Waals surface area contributed by atoms with E-state index < -0.39 is 0 Å². The van der Waals surface area contributed by atoms with E-state index >= 15 is 0 Å². The summed E-state index contributed by atoms with van der Waals surface area (Å²) in [5.74, 6) is 0.150. The minimum atomic E-state index is 0.150. The van der Waals surface area contributed by atoms with Gasteiger partial charge in [-0.25, -0.2) is 4.98 Å². The highest BCUT2D eigenvalue weighted by Crippen LogP contribution is 2.23. The number of imidazole rings is 1. The van der Waals surface area contributed by atoms with Crippen molar-refractivity contribution in [3.05, 3.63) is 48.8 Å². The maximum Gasteiger partial charge on any atom is 0.215 e. The number of pyridine rings is 1. The lowest BCUT2D eigenvalue weighted by Crippen LogP contribution is -1.85. The van der Waals surface area contributed by atoms with E-state index in [2.05, 4.69) is 17.6 Å². The number of hydrogen-bond donors (Lipinski definition) is 2. The lowest BCUT2D eigenvalue weighted by Gasteiger charge is -2.03. The highest BCUT2D eigenvalue weighted by molar-refractivity contribution is 7.80. The van der Waals surface area contributed by atoms with Gasteiger partial charge >= 0.3 is 0 Å². The summed E-state index contributed by atoms with van der Waals surface area (Å²) in [6, 6.07) is 11.8. The molecular weight excluding hydrogens is 232 g/mol. The minimum absolute atomic E-state index is 0.150. The van der Waals surface area contributed by atoms with Crippen LogP contribution in [-0.2, 0) is 0 Å². The van der Waals surface area contributed by atoms with Gasteiger partial charge in [-0.15, -0.1) is 12.6 Å². The highest BCUT2D eigenvalue weighted by Gasteiger charge is 2.03. The minimum Gasteiger partial charge on any atom is -0.493 e. The molecule has 4 heteroatoms. The zero-order valence-corrected chi connectivity index (χ0v) is 9.80. The first-order chi connectivity index (χ1) is 8.24. The van der Waals surface area contributed by atoms with Gasteiger partial charge in [0.1, 0.15) is 5.65 Å². The smallest absolute Gasteiger partial charge is 0.215 e. The predicted octanol–water partition coefficient (Wildman–Crippen LogP) is 3.00. The monoisotopic (exact) mass is 242 g/mol. The summed E-state index contributed by atoms with van der Waals surface area (Å²) in [7, 11) is 0. The third-order valence-electron chi connectivity index (χ3n) is 2.69. The summed E-state index contributed by atoms with van der Waals surface area (Å²) in [6.07, 6.45) is 3.25. The molecule has 0 fully saturated rings. The van der Waals surface area contributed by atoms with Gasteiger partial charge in [0.25, 0.3) is 0 Å². The Labute approximate surface area is 104 Å². The third-order valence-corrected chi connectivity index (χ3v) is 2.99. The van der Waals surface area contributed by atoms with Gasteiger partial charge in [0.2, 0.25) is 5.88 Å². The summed E-state index contributed by atoms with van der Waals surface area (Å²) in [5, 5.41) is 9.50. The number of aromatic nitrogens is 2. The maximum absolute atomic E-state index is 9.50. The fourth-order valence-electron chi connectivity index (χ4n) is 1.80. The van der Waals surface area contributed by atoms with Crippen LogP contribution in [0.2, 0.25) is 0 Å². The first kappa shape index (κ1) is 10.2. The average Bonchev–Trinajstić information content (AvgIpc) is 2.72.